The van der Waals surface area contributed by atoms with Gasteiger partial charge < -0.3 is 0 Å². The molecule has 0 saturated heterocycles. The van der Waals surface area contributed by atoms with Gasteiger partial charge in [-0.25, -0.2) is 0 Å². The average Bonchev–Trinajstić information content (AvgIpc) is 2.49. The van der Waals surface area contributed by atoms with Crippen LogP contribution >= 0.6 is 0 Å². The van der Waals surface area contributed by atoms with Gasteiger partial charge in [0, 0.05) is 5.56 Å². The van der Waals surface area contributed by atoms with Crippen LogP contribution < -0.4 is 0 Å². The highest BCUT2D eigenvalue weighted by Crippen LogP contribution is 2.12. The predicted molar refractivity (Wildman–Crippen MR) is 98.6 cm³/mol. The van der Waals surface area contributed by atoms with E-state index >= 15 is 0 Å². The maximum absolute atomic E-state index is 2.38. The Kier molecular flexibility index (Phi) is 9.90. The molecule has 124 valence electrons. The van der Waals surface area contributed by atoms with Gasteiger partial charge in [-0.05, 0) is 18.9 Å². The monoisotopic (exact) mass is 302 g/mol. The third-order valence-electron chi connectivity index (χ3n) is 4.17. The molecule has 0 unspecified atom stereocenters. The zero-order chi connectivity index (χ0) is 16.1. The second-order valence-electron chi connectivity index (χ2n) is 7.07. The van der Waals surface area contributed by atoms with Crippen molar-refractivity contribution < 1.29 is 4.48 Å². The van der Waals surface area contributed by atoms with Crippen molar-refractivity contribution in [3.05, 3.63) is 48.2 Å². The van der Waals surface area contributed by atoms with E-state index in [1.54, 1.807) is 0 Å². The van der Waals surface area contributed by atoms with Crippen molar-refractivity contribution in [1.82, 2.24) is 0 Å². The van der Waals surface area contributed by atoms with Crippen LogP contribution in [0.1, 0.15) is 70.3 Å². The summed E-state index contributed by atoms with van der Waals surface area (Å²) in [5.41, 5.74) is 1.41. The molecule has 1 nitrogen and oxygen atoms in total. The summed E-state index contributed by atoms with van der Waals surface area (Å²) < 4.78 is 0.932. The largest absolute Gasteiger partial charge is 0.299 e. The third kappa shape index (κ3) is 9.78. The maximum Gasteiger partial charge on any atom is 0.108 e. The highest BCUT2D eigenvalue weighted by Gasteiger charge is 2.11. The second-order valence-corrected chi connectivity index (χ2v) is 7.07. The Balaban J connectivity index is 2.09. The number of nitrogens with zero attached hydrogens (tertiary/aromatic N) is 1. The number of benzene rings is 1. The first-order chi connectivity index (χ1) is 10.6. The van der Waals surface area contributed by atoms with Crippen LogP contribution in [0.4, 0.5) is 0 Å². The van der Waals surface area contributed by atoms with Gasteiger partial charge in [-0.1, -0.05) is 82.2 Å². The summed E-state index contributed by atoms with van der Waals surface area (Å²) in [5, 5.41) is 0. The summed E-state index contributed by atoms with van der Waals surface area (Å²) in [6.45, 7) is 3.35. The van der Waals surface area contributed by atoms with Crippen LogP contribution in [-0.4, -0.2) is 18.6 Å². The Morgan fingerprint density at radius 3 is 2.05 bits per heavy atom. The summed E-state index contributed by atoms with van der Waals surface area (Å²) in [6.07, 6.45) is 17.2. The molecule has 1 heteroatoms. The highest BCUT2D eigenvalue weighted by atomic mass is 15.3. The van der Waals surface area contributed by atoms with Gasteiger partial charge >= 0.3 is 0 Å². The van der Waals surface area contributed by atoms with E-state index in [4.69, 9.17) is 0 Å². The summed E-state index contributed by atoms with van der Waals surface area (Å²) in [4.78, 5) is 0. The van der Waals surface area contributed by atoms with Gasteiger partial charge in [0.25, 0.3) is 0 Å². The van der Waals surface area contributed by atoms with Gasteiger partial charge in [0.2, 0.25) is 0 Å². The van der Waals surface area contributed by atoms with E-state index in [9.17, 15) is 0 Å². The fourth-order valence-electron chi connectivity index (χ4n) is 2.86. The molecular weight excluding hydrogens is 266 g/mol. The molecule has 1 rings (SSSR count). The van der Waals surface area contributed by atoms with E-state index in [-0.39, 0.29) is 0 Å². The molecule has 0 N–H and O–H groups in total. The first kappa shape index (κ1) is 19.0. The van der Waals surface area contributed by atoms with Crippen molar-refractivity contribution in [2.75, 3.05) is 14.1 Å². The average molecular weight is 303 g/mol. The molecule has 0 saturated carbocycles. The summed E-state index contributed by atoms with van der Waals surface area (Å²) >= 11 is 0. The van der Waals surface area contributed by atoms with Crippen LogP contribution in [0, 0.1) is 0 Å². The normalized spacial score (nSPS) is 12.1. The maximum atomic E-state index is 2.38. The molecule has 0 aliphatic carbocycles. The van der Waals surface area contributed by atoms with Crippen molar-refractivity contribution in [1.29, 1.82) is 0 Å². The van der Waals surface area contributed by atoms with Crippen molar-refractivity contribution in [3.8, 4) is 0 Å². The van der Waals surface area contributed by atoms with E-state index in [1.165, 1.54) is 63.4 Å². The topological polar surface area (TPSA) is 0 Å². The summed E-state index contributed by atoms with van der Waals surface area (Å²) in [7, 11) is 4.55. The molecule has 0 atom stereocenters. The van der Waals surface area contributed by atoms with E-state index in [1.807, 2.05) is 0 Å². The molecular formula is C21H36N+. The Morgan fingerprint density at radius 1 is 0.818 bits per heavy atom. The lowest BCUT2D eigenvalue weighted by molar-refractivity contribution is -0.852. The molecule has 0 aliphatic rings. The number of hydrogen-bond donors (Lipinski definition) is 0. The molecule has 0 aliphatic heterocycles. The number of allylic oxidation sites excluding steroid dienone is 1. The second kappa shape index (κ2) is 11.5. The molecule has 0 fully saturated rings. The Hall–Kier alpha value is -1.08. The standard InChI is InChI=1S/C21H36N/c1-4-5-6-7-8-9-10-11-12-16-19-22(2,3)20-21-17-14-13-15-18-21/h13-19H,4-12,20H2,1-3H3/q+1/b19-16+. The van der Waals surface area contributed by atoms with Crippen LogP contribution in [0.5, 0.6) is 0 Å². The van der Waals surface area contributed by atoms with Crippen LogP contribution in [0.25, 0.3) is 0 Å². The van der Waals surface area contributed by atoms with Gasteiger partial charge in [0.15, 0.2) is 0 Å². The van der Waals surface area contributed by atoms with E-state index in [0.29, 0.717) is 0 Å². The highest BCUT2D eigenvalue weighted by molar-refractivity contribution is 5.13. The van der Waals surface area contributed by atoms with Crippen LogP contribution in [-0.2, 0) is 6.54 Å². The molecule has 1 aromatic rings. The van der Waals surface area contributed by atoms with Gasteiger partial charge in [0.05, 0.1) is 20.3 Å². The summed E-state index contributed by atoms with van der Waals surface area (Å²) in [5.74, 6) is 0. The Labute approximate surface area is 138 Å². The predicted octanol–water partition coefficient (Wildman–Crippen LogP) is 6.31. The zero-order valence-electron chi connectivity index (χ0n) is 15.1. The molecule has 22 heavy (non-hydrogen) atoms. The molecule has 0 radical (unpaired) electrons. The molecule has 0 bridgehead atoms. The van der Waals surface area contributed by atoms with Crippen LogP contribution in [0.2, 0.25) is 0 Å². The third-order valence-corrected chi connectivity index (χ3v) is 4.17. The van der Waals surface area contributed by atoms with E-state index in [2.05, 4.69) is 63.6 Å². The SMILES string of the molecule is CCCCCCCCCC/C=C/[N+](C)(C)Cc1ccccc1. The van der Waals surface area contributed by atoms with Gasteiger partial charge in [-0.3, -0.25) is 4.48 Å². The minimum absolute atomic E-state index is 0.932. The lowest BCUT2D eigenvalue weighted by atomic mass is 10.1. The summed E-state index contributed by atoms with van der Waals surface area (Å²) in [6, 6.07) is 10.8. The first-order valence-corrected chi connectivity index (χ1v) is 9.18. The minimum atomic E-state index is 0.932. The quantitative estimate of drug-likeness (QED) is 0.313. The van der Waals surface area contributed by atoms with Crippen molar-refractivity contribution in [2.24, 2.45) is 0 Å². The minimum Gasteiger partial charge on any atom is -0.299 e. The van der Waals surface area contributed by atoms with Gasteiger partial charge in [-0.15, -0.1) is 0 Å². The molecule has 0 amide bonds. The van der Waals surface area contributed by atoms with Crippen molar-refractivity contribution in [2.45, 2.75) is 71.3 Å². The number of rotatable bonds is 12. The van der Waals surface area contributed by atoms with Crippen LogP contribution in [0.3, 0.4) is 0 Å². The Morgan fingerprint density at radius 2 is 1.41 bits per heavy atom. The zero-order valence-corrected chi connectivity index (χ0v) is 15.1. The molecule has 0 aromatic heterocycles. The lowest BCUT2D eigenvalue weighted by Crippen LogP contribution is -2.32. The Bertz CT molecular complexity index is 392. The van der Waals surface area contributed by atoms with Crippen LogP contribution in [0.15, 0.2) is 42.6 Å². The first-order valence-electron chi connectivity index (χ1n) is 9.18. The number of hydrogen-bond acceptors (Lipinski definition) is 0. The van der Waals surface area contributed by atoms with Gasteiger partial charge in [-0.2, -0.15) is 0 Å². The molecule has 0 spiro atoms. The molecule has 1 aromatic carbocycles. The van der Waals surface area contributed by atoms with Gasteiger partial charge in [0.1, 0.15) is 6.54 Å². The molecule has 0 heterocycles. The number of quaternary nitrogens is 1. The van der Waals surface area contributed by atoms with Crippen molar-refractivity contribution >= 4 is 0 Å². The van der Waals surface area contributed by atoms with E-state index in [0.717, 1.165) is 11.0 Å². The smallest absolute Gasteiger partial charge is 0.108 e. The van der Waals surface area contributed by atoms with Crippen molar-refractivity contribution in [3.63, 3.8) is 0 Å². The van der Waals surface area contributed by atoms with E-state index < -0.39 is 0 Å². The fraction of sp³-hybridized carbons (Fsp3) is 0.619. The fourth-order valence-corrected chi connectivity index (χ4v) is 2.86. The number of unbranched alkanes of at least 4 members (excludes halogenated alkanes) is 8. The lowest BCUT2D eigenvalue weighted by Gasteiger charge is -2.25.